The lowest BCUT2D eigenvalue weighted by molar-refractivity contribution is 0.102. The molecule has 1 aromatic carbocycles. The van der Waals surface area contributed by atoms with E-state index in [9.17, 15) is 13.2 Å². The van der Waals surface area contributed by atoms with E-state index in [1.165, 1.54) is 4.31 Å². The van der Waals surface area contributed by atoms with Gasteiger partial charge in [-0.15, -0.1) is 0 Å². The van der Waals surface area contributed by atoms with Crippen molar-refractivity contribution in [1.82, 2.24) is 4.98 Å². The van der Waals surface area contributed by atoms with Gasteiger partial charge in [0.15, 0.2) is 0 Å². The number of hydrogen-bond acceptors (Lipinski definition) is 4. The molecule has 7 heteroatoms. The molecule has 0 saturated carbocycles. The van der Waals surface area contributed by atoms with E-state index in [1.54, 1.807) is 36.5 Å². The molecule has 0 spiro atoms. The lowest BCUT2D eigenvalue weighted by atomic mass is 10.1. The van der Waals surface area contributed by atoms with Crippen molar-refractivity contribution in [3.05, 3.63) is 53.9 Å². The first-order valence-corrected chi connectivity index (χ1v) is 9.48. The van der Waals surface area contributed by atoms with Crippen LogP contribution in [0.3, 0.4) is 0 Å². The van der Waals surface area contributed by atoms with Crippen molar-refractivity contribution in [2.45, 2.75) is 19.8 Å². The van der Waals surface area contributed by atoms with Gasteiger partial charge in [0.1, 0.15) is 5.69 Å². The molecule has 1 aliphatic heterocycles. The SMILES string of the molecule is CCc1cccnc1C(=O)Nc1cccc(N2CCCS2(=O)=O)c1. The number of amides is 1. The second kappa shape index (κ2) is 6.60. The molecular formula is C17H19N3O3S. The van der Waals surface area contributed by atoms with Gasteiger partial charge in [-0.25, -0.2) is 8.42 Å². The highest BCUT2D eigenvalue weighted by Crippen LogP contribution is 2.26. The van der Waals surface area contributed by atoms with Crippen LogP contribution in [0, 0.1) is 0 Å². The Morgan fingerprint density at radius 3 is 2.83 bits per heavy atom. The smallest absolute Gasteiger partial charge is 0.274 e. The maximum atomic E-state index is 12.4. The van der Waals surface area contributed by atoms with Crippen LogP contribution in [0.15, 0.2) is 42.6 Å². The van der Waals surface area contributed by atoms with Crippen molar-refractivity contribution in [2.24, 2.45) is 0 Å². The number of rotatable bonds is 4. The van der Waals surface area contributed by atoms with Gasteiger partial charge in [0.25, 0.3) is 5.91 Å². The maximum Gasteiger partial charge on any atom is 0.274 e. The van der Waals surface area contributed by atoms with E-state index < -0.39 is 10.0 Å². The number of nitrogens with one attached hydrogen (secondary N) is 1. The van der Waals surface area contributed by atoms with Crippen molar-refractivity contribution in [3.63, 3.8) is 0 Å². The fourth-order valence-corrected chi connectivity index (χ4v) is 4.34. The van der Waals surface area contributed by atoms with E-state index in [0.29, 0.717) is 36.5 Å². The minimum Gasteiger partial charge on any atom is -0.321 e. The Kier molecular flexibility index (Phi) is 4.53. The lowest BCUT2D eigenvalue weighted by Crippen LogP contribution is -2.25. The van der Waals surface area contributed by atoms with Crippen LogP contribution in [0.1, 0.15) is 29.4 Å². The van der Waals surface area contributed by atoms with Crippen LogP contribution in [0.25, 0.3) is 0 Å². The van der Waals surface area contributed by atoms with Crippen LogP contribution >= 0.6 is 0 Å². The highest BCUT2D eigenvalue weighted by atomic mass is 32.2. The molecule has 1 aromatic heterocycles. The van der Waals surface area contributed by atoms with E-state index in [0.717, 1.165) is 5.56 Å². The molecule has 0 aliphatic carbocycles. The van der Waals surface area contributed by atoms with Gasteiger partial charge in [0.05, 0.1) is 11.4 Å². The number of carbonyl (C=O) groups is 1. The average molecular weight is 345 g/mol. The summed E-state index contributed by atoms with van der Waals surface area (Å²) in [4.78, 5) is 16.6. The standard InChI is InChI=1S/C17H19N3O3S/c1-2-13-6-4-9-18-16(13)17(21)19-14-7-3-8-15(12-14)20-10-5-11-24(20,22)23/h3-4,6-9,12H,2,5,10-11H2,1H3,(H,19,21). The van der Waals surface area contributed by atoms with Crippen molar-refractivity contribution < 1.29 is 13.2 Å². The normalized spacial score (nSPS) is 16.1. The summed E-state index contributed by atoms with van der Waals surface area (Å²) in [6.07, 6.45) is 2.91. The molecule has 2 aromatic rings. The number of hydrogen-bond donors (Lipinski definition) is 1. The third kappa shape index (κ3) is 3.26. The van der Waals surface area contributed by atoms with Crippen LogP contribution in [0.4, 0.5) is 11.4 Å². The Labute approximate surface area is 141 Å². The summed E-state index contributed by atoms with van der Waals surface area (Å²) in [7, 11) is -3.24. The summed E-state index contributed by atoms with van der Waals surface area (Å²) in [5, 5.41) is 2.80. The molecule has 1 saturated heterocycles. The first kappa shape index (κ1) is 16.4. The van der Waals surface area contributed by atoms with Crippen molar-refractivity contribution >= 4 is 27.3 Å². The second-order valence-corrected chi connectivity index (χ2v) is 7.62. The number of aromatic nitrogens is 1. The average Bonchev–Trinajstić information content (AvgIpc) is 2.94. The van der Waals surface area contributed by atoms with Crippen LogP contribution in [0.2, 0.25) is 0 Å². The summed E-state index contributed by atoms with van der Waals surface area (Å²) in [5.74, 6) is -0.133. The molecule has 1 aliphatic rings. The van der Waals surface area contributed by atoms with Gasteiger partial charge >= 0.3 is 0 Å². The van der Waals surface area contributed by atoms with Crippen molar-refractivity contribution in [2.75, 3.05) is 21.9 Å². The molecule has 2 heterocycles. The van der Waals surface area contributed by atoms with Gasteiger partial charge in [-0.3, -0.25) is 14.1 Å². The van der Waals surface area contributed by atoms with Crippen molar-refractivity contribution in [3.8, 4) is 0 Å². The quantitative estimate of drug-likeness (QED) is 0.923. The number of nitrogens with zero attached hydrogens (tertiary/aromatic N) is 2. The third-order valence-corrected chi connectivity index (χ3v) is 5.85. The predicted octanol–water partition coefficient (Wildman–Crippen LogP) is 2.44. The Hall–Kier alpha value is -2.41. The molecule has 1 fully saturated rings. The molecule has 24 heavy (non-hydrogen) atoms. The largest absolute Gasteiger partial charge is 0.321 e. The second-order valence-electron chi connectivity index (χ2n) is 5.61. The number of aryl methyl sites for hydroxylation is 1. The van der Waals surface area contributed by atoms with Gasteiger partial charge in [-0.2, -0.15) is 0 Å². The fourth-order valence-electron chi connectivity index (χ4n) is 2.79. The van der Waals surface area contributed by atoms with E-state index >= 15 is 0 Å². The van der Waals surface area contributed by atoms with Gasteiger partial charge in [-0.1, -0.05) is 19.1 Å². The van der Waals surface area contributed by atoms with Gasteiger partial charge < -0.3 is 5.32 Å². The monoisotopic (exact) mass is 345 g/mol. The van der Waals surface area contributed by atoms with E-state index in [2.05, 4.69) is 10.3 Å². The molecule has 3 rings (SSSR count). The zero-order valence-electron chi connectivity index (χ0n) is 13.4. The third-order valence-electron chi connectivity index (χ3n) is 3.98. The highest BCUT2D eigenvalue weighted by molar-refractivity contribution is 7.93. The van der Waals surface area contributed by atoms with Gasteiger partial charge in [-0.05, 0) is 42.7 Å². The van der Waals surface area contributed by atoms with Crippen LogP contribution < -0.4 is 9.62 Å². The zero-order valence-corrected chi connectivity index (χ0v) is 14.2. The molecule has 1 N–H and O–H groups in total. The molecule has 0 bridgehead atoms. The summed E-state index contributed by atoms with van der Waals surface area (Å²) >= 11 is 0. The molecular weight excluding hydrogens is 326 g/mol. The van der Waals surface area contributed by atoms with Gasteiger partial charge in [0, 0.05) is 18.4 Å². The summed E-state index contributed by atoms with van der Waals surface area (Å²) in [6.45, 7) is 2.44. The molecule has 6 nitrogen and oxygen atoms in total. The van der Waals surface area contributed by atoms with E-state index in [-0.39, 0.29) is 11.7 Å². The number of sulfonamides is 1. The zero-order chi connectivity index (χ0) is 17.2. The number of carbonyl (C=O) groups excluding carboxylic acids is 1. The fraction of sp³-hybridized carbons (Fsp3) is 0.294. The minimum atomic E-state index is -3.24. The van der Waals surface area contributed by atoms with Gasteiger partial charge in [0.2, 0.25) is 10.0 Å². The molecule has 1 amide bonds. The predicted molar refractivity (Wildman–Crippen MR) is 93.8 cm³/mol. The van der Waals surface area contributed by atoms with Crippen molar-refractivity contribution in [1.29, 1.82) is 0 Å². The van der Waals surface area contributed by atoms with Crippen LogP contribution in [-0.4, -0.2) is 31.6 Å². The first-order valence-electron chi connectivity index (χ1n) is 7.87. The highest BCUT2D eigenvalue weighted by Gasteiger charge is 2.28. The van der Waals surface area contributed by atoms with E-state index in [1.807, 2.05) is 13.0 Å². The Morgan fingerprint density at radius 2 is 2.12 bits per heavy atom. The molecule has 0 unspecified atom stereocenters. The number of anilines is 2. The Balaban J connectivity index is 1.84. The van der Waals surface area contributed by atoms with Crippen LogP contribution in [-0.2, 0) is 16.4 Å². The number of benzene rings is 1. The number of pyridine rings is 1. The first-order chi connectivity index (χ1) is 11.5. The summed E-state index contributed by atoms with van der Waals surface area (Å²) in [5.41, 5.74) is 2.38. The summed E-state index contributed by atoms with van der Waals surface area (Å²) < 4.78 is 25.4. The Morgan fingerprint density at radius 1 is 1.29 bits per heavy atom. The molecule has 0 radical (unpaired) electrons. The molecule has 0 atom stereocenters. The lowest BCUT2D eigenvalue weighted by Gasteiger charge is -2.18. The molecule has 126 valence electrons. The van der Waals surface area contributed by atoms with E-state index in [4.69, 9.17) is 0 Å². The maximum absolute atomic E-state index is 12.4. The Bertz CT molecular complexity index is 865. The minimum absolute atomic E-state index is 0.164. The summed E-state index contributed by atoms with van der Waals surface area (Å²) in [6, 6.07) is 10.5. The van der Waals surface area contributed by atoms with Crippen LogP contribution in [0.5, 0.6) is 0 Å². The topological polar surface area (TPSA) is 79.4 Å².